The molecule has 132 valence electrons. The van der Waals surface area contributed by atoms with E-state index in [-0.39, 0.29) is 18.2 Å². The molecule has 0 fully saturated rings. The third kappa shape index (κ3) is 5.96. The van der Waals surface area contributed by atoms with Crippen molar-refractivity contribution < 1.29 is 14.3 Å². The van der Waals surface area contributed by atoms with Gasteiger partial charge in [0.25, 0.3) is 5.91 Å². The summed E-state index contributed by atoms with van der Waals surface area (Å²) in [7, 11) is 0. The topological polar surface area (TPSA) is 67.4 Å². The Morgan fingerprint density at radius 1 is 1.08 bits per heavy atom. The smallest absolute Gasteiger partial charge is 0.269 e. The van der Waals surface area contributed by atoms with Gasteiger partial charge in [0, 0.05) is 17.0 Å². The Labute approximate surface area is 156 Å². The third-order valence-electron chi connectivity index (χ3n) is 3.40. The van der Waals surface area contributed by atoms with Gasteiger partial charge in [-0.15, -0.1) is 0 Å². The summed E-state index contributed by atoms with van der Waals surface area (Å²) in [4.78, 5) is 23.7. The Morgan fingerprint density at radius 2 is 1.84 bits per heavy atom. The summed E-state index contributed by atoms with van der Waals surface area (Å²) < 4.78 is 5.49. The molecule has 2 N–H and O–H groups in total. The molecule has 7 heteroatoms. The van der Waals surface area contributed by atoms with Gasteiger partial charge in [0.1, 0.15) is 5.75 Å². The van der Waals surface area contributed by atoms with Crippen molar-refractivity contribution in [3.05, 3.63) is 63.6 Å². The molecule has 0 radical (unpaired) electrons. The Kier molecular flexibility index (Phi) is 7.10. The standard InChI is InChI=1S/C18H18Cl2N2O3/c1-12-5-2-3-6-14(12)18(24)22-21-17(23)7-4-10-25-16-9-8-13(19)11-15(16)20/h2-3,5-6,8-9,11H,4,7,10H2,1H3,(H,21,23)(H,22,24). The fourth-order valence-corrected chi connectivity index (χ4v) is 2.55. The molecule has 2 aromatic rings. The van der Waals surface area contributed by atoms with Crippen LogP contribution in [0.2, 0.25) is 10.0 Å². The first-order valence-electron chi connectivity index (χ1n) is 7.70. The predicted octanol–water partition coefficient (Wildman–Crippen LogP) is 3.92. The lowest BCUT2D eigenvalue weighted by atomic mass is 10.1. The average Bonchev–Trinajstić information content (AvgIpc) is 2.58. The van der Waals surface area contributed by atoms with Crippen LogP contribution < -0.4 is 15.6 Å². The lowest BCUT2D eigenvalue weighted by molar-refractivity contribution is -0.122. The molecule has 0 saturated carbocycles. The van der Waals surface area contributed by atoms with Crippen LogP contribution in [-0.2, 0) is 4.79 Å². The van der Waals surface area contributed by atoms with Crippen LogP contribution >= 0.6 is 23.2 Å². The van der Waals surface area contributed by atoms with E-state index in [2.05, 4.69) is 10.9 Å². The molecule has 0 aliphatic carbocycles. The number of halogens is 2. The Morgan fingerprint density at radius 3 is 2.56 bits per heavy atom. The van der Waals surface area contributed by atoms with Crippen molar-refractivity contribution in [2.45, 2.75) is 19.8 Å². The van der Waals surface area contributed by atoms with E-state index in [0.29, 0.717) is 34.4 Å². The van der Waals surface area contributed by atoms with E-state index in [0.717, 1.165) is 5.56 Å². The number of hydrogen-bond donors (Lipinski definition) is 2. The first-order chi connectivity index (χ1) is 12.0. The lowest BCUT2D eigenvalue weighted by Gasteiger charge is -2.10. The van der Waals surface area contributed by atoms with Crippen molar-refractivity contribution in [3.63, 3.8) is 0 Å². The van der Waals surface area contributed by atoms with Crippen molar-refractivity contribution in [3.8, 4) is 5.75 Å². The second-order valence-corrected chi connectivity index (χ2v) is 6.19. The zero-order chi connectivity index (χ0) is 18.2. The molecule has 0 aliphatic rings. The average molecular weight is 381 g/mol. The molecule has 0 saturated heterocycles. The van der Waals surface area contributed by atoms with Gasteiger partial charge < -0.3 is 4.74 Å². The van der Waals surface area contributed by atoms with E-state index >= 15 is 0 Å². The molecule has 0 unspecified atom stereocenters. The molecule has 5 nitrogen and oxygen atoms in total. The highest BCUT2D eigenvalue weighted by Gasteiger charge is 2.09. The van der Waals surface area contributed by atoms with Crippen molar-refractivity contribution in [2.75, 3.05) is 6.61 Å². The van der Waals surface area contributed by atoms with Crippen LogP contribution in [0.1, 0.15) is 28.8 Å². The van der Waals surface area contributed by atoms with Gasteiger partial charge in [0.2, 0.25) is 5.91 Å². The Bertz CT molecular complexity index is 766. The van der Waals surface area contributed by atoms with Gasteiger partial charge in [0.05, 0.1) is 11.6 Å². The van der Waals surface area contributed by atoms with Crippen LogP contribution in [0.5, 0.6) is 5.75 Å². The van der Waals surface area contributed by atoms with Gasteiger partial charge in [-0.2, -0.15) is 0 Å². The summed E-state index contributed by atoms with van der Waals surface area (Å²) in [5.41, 5.74) is 6.14. The third-order valence-corrected chi connectivity index (χ3v) is 3.94. The summed E-state index contributed by atoms with van der Waals surface area (Å²) in [6, 6.07) is 12.1. The predicted molar refractivity (Wildman–Crippen MR) is 98.0 cm³/mol. The first kappa shape index (κ1) is 19.1. The SMILES string of the molecule is Cc1ccccc1C(=O)NNC(=O)CCCOc1ccc(Cl)cc1Cl. The van der Waals surface area contributed by atoms with E-state index in [1.54, 1.807) is 30.3 Å². The number of carbonyl (C=O) groups excluding carboxylic acids is 2. The molecular weight excluding hydrogens is 363 g/mol. The van der Waals surface area contributed by atoms with Crippen LogP contribution in [0.3, 0.4) is 0 Å². The Balaban J connectivity index is 1.69. The van der Waals surface area contributed by atoms with Gasteiger partial charge in [-0.3, -0.25) is 20.4 Å². The number of ether oxygens (including phenoxy) is 1. The highest BCUT2D eigenvalue weighted by molar-refractivity contribution is 6.35. The molecule has 0 spiro atoms. The Hall–Kier alpha value is -2.24. The summed E-state index contributed by atoms with van der Waals surface area (Å²) >= 11 is 11.8. The van der Waals surface area contributed by atoms with Crippen molar-refractivity contribution in [1.82, 2.24) is 10.9 Å². The van der Waals surface area contributed by atoms with E-state index in [1.807, 2.05) is 19.1 Å². The zero-order valence-electron chi connectivity index (χ0n) is 13.6. The lowest BCUT2D eigenvalue weighted by Crippen LogP contribution is -2.41. The number of nitrogens with one attached hydrogen (secondary N) is 2. The molecule has 0 heterocycles. The monoisotopic (exact) mass is 380 g/mol. The van der Waals surface area contributed by atoms with E-state index in [1.165, 1.54) is 0 Å². The fraction of sp³-hybridized carbons (Fsp3) is 0.222. The van der Waals surface area contributed by atoms with Gasteiger partial charge in [0.15, 0.2) is 0 Å². The maximum Gasteiger partial charge on any atom is 0.269 e. The van der Waals surface area contributed by atoms with E-state index in [9.17, 15) is 9.59 Å². The van der Waals surface area contributed by atoms with E-state index < -0.39 is 0 Å². The first-order valence-corrected chi connectivity index (χ1v) is 8.45. The second-order valence-electron chi connectivity index (χ2n) is 5.34. The number of benzene rings is 2. The molecule has 2 aromatic carbocycles. The molecular formula is C18H18Cl2N2O3. The van der Waals surface area contributed by atoms with Crippen molar-refractivity contribution in [2.24, 2.45) is 0 Å². The quantitative estimate of drug-likeness (QED) is 0.589. The molecule has 25 heavy (non-hydrogen) atoms. The largest absolute Gasteiger partial charge is 0.492 e. The summed E-state index contributed by atoms with van der Waals surface area (Å²) in [5, 5.41) is 0.948. The van der Waals surface area contributed by atoms with Crippen LogP contribution in [0.15, 0.2) is 42.5 Å². The van der Waals surface area contributed by atoms with Gasteiger partial charge in [-0.1, -0.05) is 41.4 Å². The van der Waals surface area contributed by atoms with Crippen LogP contribution in [-0.4, -0.2) is 18.4 Å². The maximum atomic E-state index is 12.0. The highest BCUT2D eigenvalue weighted by Crippen LogP contribution is 2.27. The number of aryl methyl sites for hydroxylation is 1. The highest BCUT2D eigenvalue weighted by atomic mass is 35.5. The van der Waals surface area contributed by atoms with Gasteiger partial charge in [-0.05, 0) is 43.2 Å². The number of carbonyl (C=O) groups is 2. The van der Waals surface area contributed by atoms with Crippen LogP contribution in [0.4, 0.5) is 0 Å². The maximum absolute atomic E-state index is 12.0. The number of hydrogen-bond acceptors (Lipinski definition) is 3. The molecule has 0 aromatic heterocycles. The molecule has 0 bridgehead atoms. The summed E-state index contributed by atoms with van der Waals surface area (Å²) in [6.07, 6.45) is 0.685. The van der Waals surface area contributed by atoms with E-state index in [4.69, 9.17) is 27.9 Å². The van der Waals surface area contributed by atoms with Crippen LogP contribution in [0, 0.1) is 6.92 Å². The molecule has 0 aliphatic heterocycles. The zero-order valence-corrected chi connectivity index (χ0v) is 15.2. The molecule has 2 amide bonds. The number of hydrazine groups is 1. The van der Waals surface area contributed by atoms with Gasteiger partial charge >= 0.3 is 0 Å². The minimum Gasteiger partial charge on any atom is -0.492 e. The van der Waals surface area contributed by atoms with Gasteiger partial charge in [-0.25, -0.2) is 0 Å². The number of amides is 2. The number of rotatable bonds is 6. The fourth-order valence-electron chi connectivity index (χ4n) is 2.09. The molecule has 0 atom stereocenters. The normalized spacial score (nSPS) is 10.2. The second kappa shape index (κ2) is 9.30. The van der Waals surface area contributed by atoms with Crippen LogP contribution in [0.25, 0.3) is 0 Å². The minimum atomic E-state index is -0.351. The molecule has 2 rings (SSSR count). The van der Waals surface area contributed by atoms with Crippen molar-refractivity contribution in [1.29, 1.82) is 0 Å². The minimum absolute atomic E-state index is 0.208. The van der Waals surface area contributed by atoms with Crippen molar-refractivity contribution >= 4 is 35.0 Å². The summed E-state index contributed by atoms with van der Waals surface area (Å²) in [6.45, 7) is 2.15. The summed E-state index contributed by atoms with van der Waals surface area (Å²) in [5.74, 6) is -0.136.